The highest BCUT2D eigenvalue weighted by molar-refractivity contribution is 7.09. The van der Waals surface area contributed by atoms with Crippen LogP contribution >= 0.6 is 11.3 Å². The van der Waals surface area contributed by atoms with Crippen LogP contribution in [-0.4, -0.2) is 32.4 Å². The third-order valence-corrected chi connectivity index (χ3v) is 5.92. The summed E-state index contributed by atoms with van der Waals surface area (Å²) in [5.74, 6) is 1.42. The van der Waals surface area contributed by atoms with Gasteiger partial charge in [0.25, 0.3) is 0 Å². The standard InChI is InChI=1S/C17H23N5OS/c1-11-10-24-16(20-11)14(12-5-6-12)21-17(23)22-9-3-2-4-13(22)15-18-7-8-19-15/h7-8,10,12-14H,2-6,9H2,1H3,(H,18,19)(H,21,23)/t13-,14+/m1/s1. The van der Waals surface area contributed by atoms with E-state index in [1.54, 1.807) is 17.5 Å². The van der Waals surface area contributed by atoms with E-state index in [1.165, 1.54) is 12.8 Å². The van der Waals surface area contributed by atoms with Crippen molar-refractivity contribution < 1.29 is 4.79 Å². The van der Waals surface area contributed by atoms with Gasteiger partial charge in [0.2, 0.25) is 0 Å². The molecule has 3 heterocycles. The Morgan fingerprint density at radius 2 is 2.29 bits per heavy atom. The summed E-state index contributed by atoms with van der Waals surface area (Å²) in [5, 5.41) is 6.36. The topological polar surface area (TPSA) is 73.9 Å². The van der Waals surface area contributed by atoms with Crippen molar-refractivity contribution in [2.75, 3.05) is 6.54 Å². The van der Waals surface area contributed by atoms with Gasteiger partial charge < -0.3 is 15.2 Å². The molecule has 2 N–H and O–H groups in total. The van der Waals surface area contributed by atoms with Crippen molar-refractivity contribution in [1.29, 1.82) is 0 Å². The predicted molar refractivity (Wildman–Crippen MR) is 92.7 cm³/mol. The molecule has 2 aliphatic rings. The smallest absolute Gasteiger partial charge is 0.318 e. The lowest BCUT2D eigenvalue weighted by Crippen LogP contribution is -2.46. The second-order valence-corrected chi connectivity index (χ2v) is 7.66. The maximum atomic E-state index is 13.0. The quantitative estimate of drug-likeness (QED) is 0.890. The molecule has 2 atom stereocenters. The molecule has 0 bridgehead atoms. The average Bonchev–Trinajstić information content (AvgIpc) is 3.10. The van der Waals surface area contributed by atoms with Gasteiger partial charge in [-0.05, 0) is 44.9 Å². The maximum absolute atomic E-state index is 13.0. The SMILES string of the molecule is Cc1csc([C@@H](NC(=O)N2CCCC[C@@H]2c2ncc[nH]2)C2CC2)n1. The number of piperidine rings is 1. The van der Waals surface area contributed by atoms with Crippen LogP contribution in [0.5, 0.6) is 0 Å². The third kappa shape index (κ3) is 3.17. The number of nitrogens with zero attached hydrogens (tertiary/aromatic N) is 3. The Labute approximate surface area is 145 Å². The summed E-state index contributed by atoms with van der Waals surface area (Å²) in [6.45, 7) is 2.79. The maximum Gasteiger partial charge on any atom is 0.318 e. The lowest BCUT2D eigenvalue weighted by atomic mass is 10.0. The fourth-order valence-electron chi connectivity index (χ4n) is 3.46. The van der Waals surface area contributed by atoms with Crippen molar-refractivity contribution in [3.05, 3.63) is 34.3 Å². The van der Waals surface area contributed by atoms with Crippen molar-refractivity contribution in [3.8, 4) is 0 Å². The Bertz CT molecular complexity index is 694. The molecule has 1 aliphatic heterocycles. The Kier molecular flexibility index (Phi) is 4.26. The molecule has 2 aromatic heterocycles. The molecule has 128 valence electrons. The van der Waals surface area contributed by atoms with Crippen LogP contribution in [0.15, 0.2) is 17.8 Å². The lowest BCUT2D eigenvalue weighted by molar-refractivity contribution is 0.143. The van der Waals surface area contributed by atoms with Crippen molar-refractivity contribution in [3.63, 3.8) is 0 Å². The molecule has 1 saturated carbocycles. The summed E-state index contributed by atoms with van der Waals surface area (Å²) in [7, 11) is 0. The minimum absolute atomic E-state index is 0.0147. The Morgan fingerprint density at radius 3 is 2.96 bits per heavy atom. The highest BCUT2D eigenvalue weighted by Gasteiger charge is 2.38. The Morgan fingerprint density at radius 1 is 1.42 bits per heavy atom. The van der Waals surface area contributed by atoms with Crippen LogP contribution in [0, 0.1) is 12.8 Å². The van der Waals surface area contributed by atoms with Gasteiger partial charge in [0, 0.05) is 30.0 Å². The summed E-state index contributed by atoms with van der Waals surface area (Å²) >= 11 is 1.65. The van der Waals surface area contributed by atoms with Crippen molar-refractivity contribution >= 4 is 17.4 Å². The number of thiazole rings is 1. The van der Waals surface area contributed by atoms with Gasteiger partial charge in [-0.3, -0.25) is 0 Å². The number of carbonyl (C=O) groups excluding carboxylic acids is 1. The number of hydrogen-bond donors (Lipinski definition) is 2. The van der Waals surface area contributed by atoms with Crippen molar-refractivity contribution in [2.45, 2.75) is 51.1 Å². The van der Waals surface area contributed by atoms with Gasteiger partial charge in [0.1, 0.15) is 10.8 Å². The molecule has 4 rings (SSSR count). The summed E-state index contributed by atoms with van der Waals surface area (Å²) in [6, 6.07) is 0.114. The number of urea groups is 1. The summed E-state index contributed by atoms with van der Waals surface area (Å²) < 4.78 is 0. The summed E-state index contributed by atoms with van der Waals surface area (Å²) in [6.07, 6.45) is 9.07. The molecule has 7 heteroatoms. The number of amides is 2. The molecular weight excluding hydrogens is 322 g/mol. The molecular formula is C17H23N5OS. The molecule has 1 saturated heterocycles. The zero-order valence-corrected chi connectivity index (χ0v) is 14.7. The van der Waals surface area contributed by atoms with E-state index >= 15 is 0 Å². The molecule has 0 aromatic carbocycles. The minimum Gasteiger partial charge on any atom is -0.347 e. The van der Waals surface area contributed by atoms with Crippen LogP contribution in [0.2, 0.25) is 0 Å². The molecule has 1 aliphatic carbocycles. The van der Waals surface area contributed by atoms with E-state index in [1.807, 2.05) is 18.0 Å². The fourth-order valence-corrected chi connectivity index (χ4v) is 4.40. The largest absolute Gasteiger partial charge is 0.347 e. The highest BCUT2D eigenvalue weighted by atomic mass is 32.1. The fraction of sp³-hybridized carbons (Fsp3) is 0.588. The van der Waals surface area contributed by atoms with E-state index in [-0.39, 0.29) is 18.1 Å². The lowest BCUT2D eigenvalue weighted by Gasteiger charge is -2.35. The van der Waals surface area contributed by atoms with E-state index < -0.39 is 0 Å². The van der Waals surface area contributed by atoms with Crippen molar-refractivity contribution in [1.82, 2.24) is 25.2 Å². The zero-order valence-electron chi connectivity index (χ0n) is 13.9. The van der Waals surface area contributed by atoms with Crippen LogP contribution < -0.4 is 5.32 Å². The Balaban J connectivity index is 1.51. The van der Waals surface area contributed by atoms with Gasteiger partial charge >= 0.3 is 6.03 Å². The van der Waals surface area contributed by atoms with Crippen LogP contribution in [0.1, 0.15) is 60.7 Å². The second-order valence-electron chi connectivity index (χ2n) is 6.77. The average molecular weight is 345 g/mol. The highest BCUT2D eigenvalue weighted by Crippen LogP contribution is 2.42. The van der Waals surface area contributed by atoms with E-state index in [0.29, 0.717) is 5.92 Å². The van der Waals surface area contributed by atoms with E-state index in [9.17, 15) is 4.79 Å². The molecule has 6 nitrogen and oxygen atoms in total. The van der Waals surface area contributed by atoms with Crippen molar-refractivity contribution in [2.24, 2.45) is 5.92 Å². The first-order valence-corrected chi connectivity index (χ1v) is 9.59. The molecule has 2 aromatic rings. The molecule has 2 fully saturated rings. The summed E-state index contributed by atoms with van der Waals surface area (Å²) in [5.41, 5.74) is 1.03. The number of carbonyl (C=O) groups is 1. The van der Waals surface area contributed by atoms with Gasteiger partial charge in [-0.2, -0.15) is 0 Å². The number of likely N-dealkylation sites (tertiary alicyclic amines) is 1. The normalized spacial score (nSPS) is 22.4. The number of hydrogen-bond acceptors (Lipinski definition) is 4. The zero-order chi connectivity index (χ0) is 16.5. The van der Waals surface area contributed by atoms with Gasteiger partial charge in [0.15, 0.2) is 0 Å². The first-order valence-electron chi connectivity index (χ1n) is 8.71. The molecule has 0 unspecified atom stereocenters. The monoisotopic (exact) mass is 345 g/mol. The number of aromatic amines is 1. The minimum atomic E-state index is 0.0147. The van der Waals surface area contributed by atoms with Crippen LogP contribution in [0.4, 0.5) is 4.79 Å². The number of rotatable bonds is 4. The molecule has 0 radical (unpaired) electrons. The second kappa shape index (κ2) is 6.55. The molecule has 2 amide bonds. The first kappa shape index (κ1) is 15.6. The van der Waals surface area contributed by atoms with E-state index in [4.69, 9.17) is 0 Å². The number of aryl methyl sites for hydroxylation is 1. The van der Waals surface area contributed by atoms with Crippen LogP contribution in [0.25, 0.3) is 0 Å². The third-order valence-electron chi connectivity index (χ3n) is 4.87. The predicted octanol–water partition coefficient (Wildman–Crippen LogP) is 3.56. The van der Waals surface area contributed by atoms with Gasteiger partial charge in [-0.1, -0.05) is 0 Å². The van der Waals surface area contributed by atoms with Crippen LogP contribution in [-0.2, 0) is 0 Å². The Hall–Kier alpha value is -1.89. The first-order chi connectivity index (χ1) is 11.7. The van der Waals surface area contributed by atoms with E-state index in [0.717, 1.165) is 42.3 Å². The van der Waals surface area contributed by atoms with E-state index in [2.05, 4.69) is 25.6 Å². The number of aromatic nitrogens is 3. The number of imidazole rings is 1. The van der Waals surface area contributed by atoms with Crippen LogP contribution in [0.3, 0.4) is 0 Å². The number of H-pyrrole nitrogens is 1. The van der Waals surface area contributed by atoms with Gasteiger partial charge in [-0.25, -0.2) is 14.8 Å². The molecule has 24 heavy (non-hydrogen) atoms. The summed E-state index contributed by atoms with van der Waals surface area (Å²) in [4.78, 5) is 27.1. The molecule has 0 spiro atoms. The number of nitrogens with one attached hydrogen (secondary N) is 2. The van der Waals surface area contributed by atoms with Gasteiger partial charge in [0.05, 0.1) is 12.1 Å². The van der Waals surface area contributed by atoms with Gasteiger partial charge in [-0.15, -0.1) is 11.3 Å².